The molecule has 3 amide bonds. The van der Waals surface area contributed by atoms with Crippen molar-refractivity contribution in [3.63, 3.8) is 0 Å². The van der Waals surface area contributed by atoms with Crippen molar-refractivity contribution in [3.05, 3.63) is 93.4 Å². The van der Waals surface area contributed by atoms with Crippen molar-refractivity contribution in [3.8, 4) is 0 Å². The van der Waals surface area contributed by atoms with Gasteiger partial charge in [-0.2, -0.15) is 0 Å². The van der Waals surface area contributed by atoms with Gasteiger partial charge in [-0.3, -0.25) is 19.8 Å². The van der Waals surface area contributed by atoms with Gasteiger partial charge in [-0.1, -0.05) is 54.6 Å². The first-order valence-corrected chi connectivity index (χ1v) is 17.6. The van der Waals surface area contributed by atoms with Crippen molar-refractivity contribution in [2.24, 2.45) is 0 Å². The Balaban J connectivity index is 0.000000237. The number of nitrogens with one attached hydrogen (secondary N) is 1. The van der Waals surface area contributed by atoms with Crippen LogP contribution < -0.4 is 15.3 Å². The molecule has 2 aliphatic rings. The number of para-hydroxylation sites is 2. The minimum Gasteiger partial charge on any atom is -0.444 e. The summed E-state index contributed by atoms with van der Waals surface area (Å²) in [6, 6.07) is 24.1. The van der Waals surface area contributed by atoms with Crippen molar-refractivity contribution >= 4 is 61.3 Å². The molecule has 0 radical (unpaired) electrons. The summed E-state index contributed by atoms with van der Waals surface area (Å²) in [6.45, 7) is 13.8. The summed E-state index contributed by atoms with van der Waals surface area (Å²) in [4.78, 5) is 38.2. The predicted molar refractivity (Wildman–Crippen MR) is 195 cm³/mol. The van der Waals surface area contributed by atoms with E-state index in [0.717, 1.165) is 46.3 Å². The summed E-state index contributed by atoms with van der Waals surface area (Å²) in [7, 11) is 0. The lowest BCUT2D eigenvalue weighted by molar-refractivity contribution is -0.133. The molecular formula is C36H45Br2N5O5. The van der Waals surface area contributed by atoms with Gasteiger partial charge in [0.1, 0.15) is 17.2 Å². The molecule has 48 heavy (non-hydrogen) atoms. The summed E-state index contributed by atoms with van der Waals surface area (Å²) in [5, 5.41) is 10.1. The highest BCUT2D eigenvalue weighted by Crippen LogP contribution is 2.32. The molecule has 0 aliphatic carbocycles. The first-order valence-electron chi connectivity index (χ1n) is 16.0. The third-order valence-corrected chi connectivity index (χ3v) is 8.56. The predicted octanol–water partition coefficient (Wildman–Crippen LogP) is 8.48. The molecule has 1 atom stereocenters. The summed E-state index contributed by atoms with van der Waals surface area (Å²) in [6.07, 6.45) is 0.883. The fourth-order valence-corrected chi connectivity index (χ4v) is 6.27. The number of ether oxygens (including phenoxy) is 2. The number of amides is 3. The second-order valence-corrected chi connectivity index (χ2v) is 15.1. The maximum absolute atomic E-state index is 13.5. The summed E-state index contributed by atoms with van der Waals surface area (Å²) in [5.41, 5.74) is 1.50. The summed E-state index contributed by atoms with van der Waals surface area (Å²) in [5.74, 6) is -0.199. The molecule has 1 N–H and O–H groups in total. The zero-order valence-corrected chi connectivity index (χ0v) is 31.6. The first kappa shape index (κ1) is 37.1. The van der Waals surface area contributed by atoms with Crippen molar-refractivity contribution in [2.75, 3.05) is 36.2 Å². The van der Waals surface area contributed by atoms with E-state index < -0.39 is 23.3 Å². The normalized spacial score (nSPS) is 15.4. The smallest absolute Gasteiger partial charge is 0.429 e. The third kappa shape index (κ3) is 10.1. The molecule has 2 saturated heterocycles. The van der Waals surface area contributed by atoms with Gasteiger partial charge in [-0.05, 0) is 116 Å². The molecule has 0 saturated carbocycles. The van der Waals surface area contributed by atoms with E-state index >= 15 is 0 Å². The second kappa shape index (κ2) is 16.1. The molecule has 258 valence electrons. The van der Waals surface area contributed by atoms with E-state index in [1.807, 2.05) is 110 Å². The van der Waals surface area contributed by atoms with Crippen LogP contribution in [0.25, 0.3) is 0 Å². The highest BCUT2D eigenvalue weighted by atomic mass is 79.9. The fraction of sp³-hybridized carbons (Fsp3) is 0.417. The number of nitrogens with zero attached hydrogens (tertiary/aromatic N) is 4. The van der Waals surface area contributed by atoms with E-state index in [-0.39, 0.29) is 12.0 Å². The van der Waals surface area contributed by atoms with Gasteiger partial charge in [0, 0.05) is 35.1 Å². The molecule has 5 rings (SSSR count). The van der Waals surface area contributed by atoms with Crippen LogP contribution in [0.2, 0.25) is 0 Å². The molecule has 0 unspecified atom stereocenters. The number of hydrazine groups is 2. The molecule has 3 aromatic carbocycles. The molecule has 10 nitrogen and oxygen atoms in total. The molecule has 2 fully saturated rings. The number of hydrogen-bond acceptors (Lipinski definition) is 7. The standard InChI is InChI=1S/C22H26BrN3O3.C14H19BrN2O2/c1-22(2,3)29-21(28)24-19(16-10-5-4-6-11-16)20(27)26-15-9-14-25(26)18-13-8-7-12-17(18)23;1-14(2,3)19-13(18)17-10-6-9-16(17)12-8-5-4-7-11(12)15/h4-8,10-13,19H,9,14-15H2,1-3H3,(H,24,28);4-5,7-8H,6,9-10H2,1-3H3/t19-;/m0./s1. The van der Waals surface area contributed by atoms with E-state index in [1.165, 1.54) is 0 Å². The van der Waals surface area contributed by atoms with Crippen LogP contribution >= 0.6 is 31.9 Å². The van der Waals surface area contributed by atoms with E-state index in [0.29, 0.717) is 18.7 Å². The molecule has 0 aromatic heterocycles. The van der Waals surface area contributed by atoms with Gasteiger partial charge in [0.2, 0.25) is 0 Å². The van der Waals surface area contributed by atoms with Crippen LogP contribution in [0.3, 0.4) is 0 Å². The number of rotatable bonds is 5. The lowest BCUT2D eigenvalue weighted by atomic mass is 10.1. The Bertz CT molecular complexity index is 1560. The Labute approximate surface area is 300 Å². The minimum atomic E-state index is -0.839. The first-order chi connectivity index (χ1) is 22.6. The summed E-state index contributed by atoms with van der Waals surface area (Å²) >= 11 is 7.09. The van der Waals surface area contributed by atoms with Gasteiger partial charge in [-0.25, -0.2) is 14.6 Å². The van der Waals surface area contributed by atoms with Crippen LogP contribution in [0.15, 0.2) is 87.8 Å². The second-order valence-electron chi connectivity index (χ2n) is 13.4. The number of carbonyl (C=O) groups is 3. The van der Waals surface area contributed by atoms with Crippen LogP contribution in [0.4, 0.5) is 21.0 Å². The number of halogens is 2. The summed E-state index contributed by atoms with van der Waals surface area (Å²) < 4.78 is 12.7. The van der Waals surface area contributed by atoms with Crippen LogP contribution in [0, 0.1) is 0 Å². The fourth-order valence-electron chi connectivity index (χ4n) is 5.29. The Morgan fingerprint density at radius 2 is 1.10 bits per heavy atom. The Morgan fingerprint density at radius 1 is 0.646 bits per heavy atom. The highest BCUT2D eigenvalue weighted by Gasteiger charge is 2.35. The quantitative estimate of drug-likeness (QED) is 0.277. The van der Waals surface area contributed by atoms with Crippen LogP contribution in [0.1, 0.15) is 66.0 Å². The van der Waals surface area contributed by atoms with E-state index in [1.54, 1.807) is 30.8 Å². The Morgan fingerprint density at radius 3 is 1.60 bits per heavy atom. The van der Waals surface area contributed by atoms with Crippen molar-refractivity contribution in [2.45, 2.75) is 71.6 Å². The van der Waals surface area contributed by atoms with Crippen molar-refractivity contribution < 1.29 is 23.9 Å². The molecule has 3 aromatic rings. The maximum Gasteiger partial charge on any atom is 0.429 e. The monoisotopic (exact) mass is 785 g/mol. The van der Waals surface area contributed by atoms with E-state index in [4.69, 9.17) is 9.47 Å². The Hall–Kier alpha value is -3.77. The molecule has 0 spiro atoms. The molecule has 0 bridgehead atoms. The van der Waals surface area contributed by atoms with Crippen LogP contribution in [-0.4, -0.2) is 65.5 Å². The van der Waals surface area contributed by atoms with E-state index in [9.17, 15) is 14.4 Å². The average molecular weight is 788 g/mol. The van der Waals surface area contributed by atoms with Gasteiger partial charge in [-0.15, -0.1) is 0 Å². The van der Waals surface area contributed by atoms with Crippen molar-refractivity contribution in [1.29, 1.82) is 0 Å². The number of carbonyl (C=O) groups excluding carboxylic acids is 3. The topological polar surface area (TPSA) is 94.7 Å². The largest absolute Gasteiger partial charge is 0.444 e. The lowest BCUT2D eigenvalue weighted by Gasteiger charge is -2.33. The van der Waals surface area contributed by atoms with Crippen LogP contribution in [0.5, 0.6) is 0 Å². The zero-order valence-electron chi connectivity index (χ0n) is 28.4. The maximum atomic E-state index is 13.5. The van der Waals surface area contributed by atoms with Gasteiger partial charge in [0.15, 0.2) is 0 Å². The van der Waals surface area contributed by atoms with Crippen LogP contribution in [-0.2, 0) is 14.3 Å². The minimum absolute atomic E-state index is 0.199. The number of hydrogen-bond donors (Lipinski definition) is 1. The average Bonchev–Trinajstić information content (AvgIpc) is 3.70. The number of alkyl carbamates (subject to hydrolysis) is 1. The number of anilines is 2. The van der Waals surface area contributed by atoms with Gasteiger partial charge >= 0.3 is 12.2 Å². The van der Waals surface area contributed by atoms with Gasteiger partial charge in [0.05, 0.1) is 11.4 Å². The van der Waals surface area contributed by atoms with Gasteiger partial charge in [0.25, 0.3) is 5.91 Å². The lowest BCUT2D eigenvalue weighted by Crippen LogP contribution is -2.49. The number of benzene rings is 3. The SMILES string of the molecule is CC(C)(C)OC(=O)N1CCCN1c1ccccc1Br.CC(C)(C)OC(=O)N[C@H](C(=O)N1CCCN1c1ccccc1Br)c1ccccc1. The highest BCUT2D eigenvalue weighted by molar-refractivity contribution is 9.11. The molecular weight excluding hydrogens is 742 g/mol. The van der Waals surface area contributed by atoms with Crippen molar-refractivity contribution in [1.82, 2.24) is 15.3 Å². The molecule has 12 heteroatoms. The Kier molecular flexibility index (Phi) is 12.4. The third-order valence-electron chi connectivity index (χ3n) is 7.22. The van der Waals surface area contributed by atoms with Gasteiger partial charge < -0.3 is 14.8 Å². The van der Waals surface area contributed by atoms with E-state index in [2.05, 4.69) is 37.2 Å². The molecule has 2 aliphatic heterocycles. The zero-order chi connectivity index (χ0) is 35.1. The molecule has 2 heterocycles.